The average molecular weight is 879 g/mol. The number of Topliss-reactive ketones (excluding diaryl/α,β-unsaturated/α-hetero) is 3. The van der Waals surface area contributed by atoms with E-state index in [1.165, 1.54) is 121 Å². The third-order valence-corrected chi connectivity index (χ3v) is 17.2. The molecule has 358 valence electrons. The van der Waals surface area contributed by atoms with Crippen molar-refractivity contribution in [3.63, 3.8) is 0 Å². The molecule has 0 aromatic rings. The minimum Gasteiger partial charge on any atom is -0.299 e. The Morgan fingerprint density at radius 2 is 1.16 bits per heavy atom. The van der Waals surface area contributed by atoms with E-state index in [4.69, 9.17) is 0 Å². The standard InChI is InChI=1S/C17H26O.C15H24O.2C14H22O/c1-13-5-4-12-17(2,3)16(13)11-10-15(18)9-8-14-6-7-14;1-14(2)8-7-12-9-15(12,10-14)13(16)6-5-11-3-4-11;2*1-14(2)9-3-4-12(10-14)13(15)8-7-11-5-6-11/h5,10-11,14,16H,4,6-9,12H2,1-3H3;11-12H,3-10H2,1-2H3;10-11H,3-9H2,1-2H3;4,11H,3,5-10H2,1-2H3/b11-10+;;;. The number of allylic oxidation sites excluding steroid dienone is 8. The second kappa shape index (κ2) is 21.7. The molecule has 0 aromatic carbocycles. The molecule has 0 spiro atoms. The van der Waals surface area contributed by atoms with Crippen molar-refractivity contribution in [1.29, 1.82) is 0 Å². The lowest BCUT2D eigenvalue weighted by Crippen LogP contribution is -2.30. The summed E-state index contributed by atoms with van der Waals surface area (Å²) < 4.78 is 0. The van der Waals surface area contributed by atoms with Gasteiger partial charge in [0.15, 0.2) is 17.3 Å². The third-order valence-electron chi connectivity index (χ3n) is 17.2. The molecule has 0 aliphatic heterocycles. The molecule has 0 bridgehead atoms. The smallest absolute Gasteiger partial charge is 0.158 e. The number of hydrogen-bond donors (Lipinski definition) is 0. The highest BCUT2D eigenvalue weighted by atomic mass is 16.1. The van der Waals surface area contributed by atoms with E-state index in [0.717, 1.165) is 105 Å². The Kier molecular flexibility index (Phi) is 17.3. The summed E-state index contributed by atoms with van der Waals surface area (Å²) in [7, 11) is 0. The fourth-order valence-electron chi connectivity index (χ4n) is 11.8. The Balaban J connectivity index is 0.000000142. The number of ketones is 4. The van der Waals surface area contributed by atoms with Crippen molar-refractivity contribution in [1.82, 2.24) is 0 Å². The first kappa shape index (κ1) is 51.0. The van der Waals surface area contributed by atoms with Crippen LogP contribution in [0.1, 0.15) is 242 Å². The lowest BCUT2D eigenvalue weighted by atomic mass is 9.68. The summed E-state index contributed by atoms with van der Waals surface area (Å²) in [5.74, 6) is 6.53. The van der Waals surface area contributed by atoms with Crippen LogP contribution in [0, 0.1) is 62.6 Å². The fourth-order valence-corrected chi connectivity index (χ4v) is 11.8. The molecular formula is C60H94O4. The molecule has 9 rings (SSSR count). The summed E-state index contributed by atoms with van der Waals surface area (Å²) in [6, 6.07) is 0. The maximum absolute atomic E-state index is 12.4. The van der Waals surface area contributed by atoms with Gasteiger partial charge in [0.2, 0.25) is 0 Å². The van der Waals surface area contributed by atoms with Gasteiger partial charge in [-0.1, -0.05) is 137 Å². The number of rotatable bonds is 17. The van der Waals surface area contributed by atoms with E-state index < -0.39 is 0 Å². The van der Waals surface area contributed by atoms with Crippen LogP contribution >= 0.6 is 0 Å². The topological polar surface area (TPSA) is 68.3 Å². The highest BCUT2D eigenvalue weighted by molar-refractivity contribution is 5.96. The van der Waals surface area contributed by atoms with Crippen LogP contribution in [0.4, 0.5) is 0 Å². The molecule has 0 N–H and O–H groups in total. The lowest BCUT2D eigenvalue weighted by Gasteiger charge is -2.36. The first-order valence-electron chi connectivity index (χ1n) is 27.0. The summed E-state index contributed by atoms with van der Waals surface area (Å²) in [5, 5.41) is 0. The van der Waals surface area contributed by atoms with Crippen LogP contribution in [0.2, 0.25) is 0 Å². The van der Waals surface area contributed by atoms with Crippen LogP contribution in [-0.4, -0.2) is 23.1 Å². The molecule has 3 unspecified atom stereocenters. The molecule has 4 nitrogen and oxygen atoms in total. The van der Waals surface area contributed by atoms with Gasteiger partial charge >= 0.3 is 0 Å². The lowest BCUT2D eigenvalue weighted by molar-refractivity contribution is -0.127. The zero-order valence-electron chi connectivity index (χ0n) is 42.8. The highest BCUT2D eigenvalue weighted by Gasteiger charge is 2.62. The van der Waals surface area contributed by atoms with Gasteiger partial charge in [0, 0.05) is 37.0 Å². The van der Waals surface area contributed by atoms with E-state index in [0.29, 0.717) is 45.3 Å². The SMILES string of the molecule is CC1(C)C=C(C(=O)CCC2CC2)CCC1.CC1(C)CCC2CC2(C(=O)CCC2CC2)C1.CC1(C)CCC=C(C(=O)CCC2CC2)C1.CC1=CCCC(C)(C)C1/C=C/C(=O)CCC1CC1. The first-order valence-corrected chi connectivity index (χ1v) is 27.0. The van der Waals surface area contributed by atoms with Crippen molar-refractivity contribution in [3.8, 4) is 0 Å². The minimum absolute atomic E-state index is 0.163. The van der Waals surface area contributed by atoms with Gasteiger partial charge in [0.05, 0.1) is 0 Å². The van der Waals surface area contributed by atoms with Crippen molar-refractivity contribution in [2.24, 2.45) is 62.6 Å². The van der Waals surface area contributed by atoms with Crippen molar-refractivity contribution in [3.05, 3.63) is 47.1 Å². The van der Waals surface area contributed by atoms with Gasteiger partial charge in [0.1, 0.15) is 5.78 Å². The molecule has 3 atom stereocenters. The second-order valence-corrected chi connectivity index (χ2v) is 26.0. The monoisotopic (exact) mass is 879 g/mol. The van der Waals surface area contributed by atoms with Crippen molar-refractivity contribution >= 4 is 23.1 Å². The van der Waals surface area contributed by atoms with Crippen LogP contribution in [0.3, 0.4) is 0 Å². The third kappa shape index (κ3) is 16.8. The van der Waals surface area contributed by atoms with E-state index in [-0.39, 0.29) is 10.8 Å². The van der Waals surface area contributed by atoms with Gasteiger partial charge in [-0.15, -0.1) is 0 Å². The molecule has 6 saturated carbocycles. The Hall–Kier alpha value is -2.36. The van der Waals surface area contributed by atoms with Crippen LogP contribution in [0.25, 0.3) is 0 Å². The maximum Gasteiger partial charge on any atom is 0.158 e. The largest absolute Gasteiger partial charge is 0.299 e. The summed E-state index contributed by atoms with van der Waals surface area (Å²) in [5.41, 5.74) is 5.14. The molecular weight excluding hydrogens is 785 g/mol. The Bertz CT molecular complexity index is 1760. The van der Waals surface area contributed by atoms with E-state index in [1.54, 1.807) is 0 Å². The average Bonchev–Trinajstić information content (AvgIpc) is 3.99. The Morgan fingerprint density at radius 3 is 1.70 bits per heavy atom. The molecule has 9 aliphatic carbocycles. The zero-order chi connectivity index (χ0) is 46.3. The molecule has 64 heavy (non-hydrogen) atoms. The first-order chi connectivity index (χ1) is 30.1. The molecule has 9 aliphatic rings. The predicted octanol–water partition coefficient (Wildman–Crippen LogP) is 16.4. The summed E-state index contributed by atoms with van der Waals surface area (Å²) in [6.45, 7) is 20.5. The summed E-state index contributed by atoms with van der Waals surface area (Å²) in [6.07, 6.45) is 43.6. The van der Waals surface area contributed by atoms with E-state index in [9.17, 15) is 19.2 Å². The quantitative estimate of drug-likeness (QED) is 0.108. The predicted molar refractivity (Wildman–Crippen MR) is 267 cm³/mol. The number of fused-ring (bicyclic) bond motifs is 1. The van der Waals surface area contributed by atoms with Gasteiger partial charge in [-0.2, -0.15) is 0 Å². The van der Waals surface area contributed by atoms with Crippen LogP contribution in [0.5, 0.6) is 0 Å². The zero-order valence-corrected chi connectivity index (χ0v) is 42.8. The molecule has 0 amide bonds. The summed E-state index contributed by atoms with van der Waals surface area (Å²) in [4.78, 5) is 48.1. The number of carbonyl (C=O) groups excluding carboxylic acids is 4. The van der Waals surface area contributed by atoms with Gasteiger partial charge in [-0.05, 0) is 178 Å². The van der Waals surface area contributed by atoms with E-state index >= 15 is 0 Å². The summed E-state index contributed by atoms with van der Waals surface area (Å²) >= 11 is 0. The van der Waals surface area contributed by atoms with Gasteiger partial charge in [-0.25, -0.2) is 0 Å². The molecule has 0 radical (unpaired) electrons. The van der Waals surface area contributed by atoms with Crippen molar-refractivity contribution in [2.75, 3.05) is 0 Å². The van der Waals surface area contributed by atoms with Crippen LogP contribution in [0.15, 0.2) is 47.1 Å². The molecule has 6 fully saturated rings. The van der Waals surface area contributed by atoms with E-state index in [1.807, 2.05) is 6.08 Å². The van der Waals surface area contributed by atoms with Gasteiger partial charge < -0.3 is 0 Å². The van der Waals surface area contributed by atoms with Gasteiger partial charge in [0.25, 0.3) is 0 Å². The fraction of sp³-hybridized carbons (Fsp3) is 0.800. The van der Waals surface area contributed by atoms with Crippen LogP contribution < -0.4 is 0 Å². The van der Waals surface area contributed by atoms with Crippen LogP contribution in [-0.2, 0) is 19.2 Å². The molecule has 0 saturated heterocycles. The highest BCUT2D eigenvalue weighted by Crippen LogP contribution is 2.66. The Labute approximate surface area is 392 Å². The van der Waals surface area contributed by atoms with E-state index in [2.05, 4.69) is 86.6 Å². The molecule has 0 aromatic heterocycles. The Morgan fingerprint density at radius 1 is 0.609 bits per heavy atom. The van der Waals surface area contributed by atoms with Crippen molar-refractivity contribution < 1.29 is 19.2 Å². The minimum atomic E-state index is 0.163. The number of carbonyl (C=O) groups is 4. The number of hydrogen-bond acceptors (Lipinski definition) is 4. The molecule has 0 heterocycles. The van der Waals surface area contributed by atoms with Crippen molar-refractivity contribution in [2.45, 2.75) is 242 Å². The maximum atomic E-state index is 12.4. The molecule has 4 heteroatoms. The van der Waals surface area contributed by atoms with Gasteiger partial charge in [-0.3, -0.25) is 19.2 Å². The second-order valence-electron chi connectivity index (χ2n) is 26.0. The normalized spacial score (nSPS) is 29.4.